The summed E-state index contributed by atoms with van der Waals surface area (Å²) < 4.78 is 5.52. The van der Waals surface area contributed by atoms with Crippen molar-refractivity contribution >= 4 is 17.9 Å². The number of alkyl carbamates (subject to hydrolysis) is 1. The van der Waals surface area contributed by atoms with E-state index >= 15 is 0 Å². The Balaban J connectivity index is 2.08. The van der Waals surface area contributed by atoms with Gasteiger partial charge in [0.1, 0.15) is 23.4 Å². The first-order valence-corrected chi connectivity index (χ1v) is 14.7. The summed E-state index contributed by atoms with van der Waals surface area (Å²) in [4.78, 5) is 43.3. The van der Waals surface area contributed by atoms with Crippen LogP contribution in [0.25, 0.3) is 0 Å². The van der Waals surface area contributed by atoms with E-state index in [0.29, 0.717) is 0 Å². The minimum Gasteiger partial charge on any atom is -0.508 e. The predicted molar refractivity (Wildman–Crippen MR) is 161 cm³/mol. The molecule has 0 bridgehead atoms. The average molecular weight is 566 g/mol. The van der Waals surface area contributed by atoms with Gasteiger partial charge in [-0.1, -0.05) is 50.6 Å². The smallest absolute Gasteiger partial charge is 0.408 e. The normalized spacial score (nSPS) is 18.5. The Hall–Kier alpha value is -3.55. The van der Waals surface area contributed by atoms with Gasteiger partial charge in [-0.25, -0.2) is 4.79 Å². The van der Waals surface area contributed by atoms with Crippen LogP contribution in [0.4, 0.5) is 4.79 Å². The molecule has 3 N–H and O–H groups in total. The van der Waals surface area contributed by atoms with Gasteiger partial charge in [0, 0.05) is 18.5 Å². The van der Waals surface area contributed by atoms with Crippen LogP contribution in [0.1, 0.15) is 89.1 Å². The van der Waals surface area contributed by atoms with E-state index in [4.69, 9.17) is 4.74 Å². The molecule has 3 amide bonds. The maximum Gasteiger partial charge on any atom is 0.408 e. The van der Waals surface area contributed by atoms with Crippen molar-refractivity contribution in [1.82, 2.24) is 15.5 Å². The maximum atomic E-state index is 14.6. The Kier molecular flexibility index (Phi) is 10.5. The lowest BCUT2D eigenvalue weighted by Gasteiger charge is -2.36. The highest BCUT2D eigenvalue weighted by molar-refractivity contribution is 5.93. The molecule has 3 rings (SSSR count). The molecule has 41 heavy (non-hydrogen) atoms. The summed E-state index contributed by atoms with van der Waals surface area (Å²) in [6.07, 6.45) is 1.98. The minimum atomic E-state index is -0.990. The second-order valence-electron chi connectivity index (χ2n) is 12.5. The number of carbonyl (C=O) groups excluding carboxylic acids is 3. The van der Waals surface area contributed by atoms with E-state index in [-0.39, 0.29) is 42.0 Å². The van der Waals surface area contributed by atoms with Crippen LogP contribution in [0.5, 0.6) is 5.75 Å². The van der Waals surface area contributed by atoms with E-state index in [0.717, 1.165) is 41.5 Å². The molecule has 0 saturated heterocycles. The standard InChI is InChI=1S/C33H47N3O5/c1-9-11-22(4)34-30(38)29(26-13-10-12-20(2)23(26)5)36(28-18-21(28)3)31(39)27(35-32(40)41-33(6,7)8)19-24-14-16-25(37)17-15-24/h10,12-17,21-22,27-29,37H,9,11,18-19H2,1-8H3,(H,34,38)(H,35,40). The first kappa shape index (κ1) is 32.0. The largest absolute Gasteiger partial charge is 0.508 e. The summed E-state index contributed by atoms with van der Waals surface area (Å²) in [6, 6.07) is 10.3. The number of aryl methyl sites for hydroxylation is 1. The average Bonchev–Trinajstić information content (AvgIpc) is 3.59. The molecule has 0 radical (unpaired) electrons. The van der Waals surface area contributed by atoms with Gasteiger partial charge in [-0.15, -0.1) is 0 Å². The van der Waals surface area contributed by atoms with Crippen LogP contribution in [0.2, 0.25) is 0 Å². The monoisotopic (exact) mass is 565 g/mol. The topological polar surface area (TPSA) is 108 Å². The van der Waals surface area contributed by atoms with Gasteiger partial charge in [0.05, 0.1) is 0 Å². The molecule has 1 aliphatic carbocycles. The number of benzene rings is 2. The molecule has 5 unspecified atom stereocenters. The van der Waals surface area contributed by atoms with Crippen LogP contribution in [-0.2, 0) is 20.7 Å². The second kappa shape index (κ2) is 13.4. The lowest BCUT2D eigenvalue weighted by Crippen LogP contribution is -2.55. The number of amides is 3. The summed E-state index contributed by atoms with van der Waals surface area (Å²) >= 11 is 0. The van der Waals surface area contributed by atoms with Crippen molar-refractivity contribution in [2.75, 3.05) is 0 Å². The van der Waals surface area contributed by atoms with E-state index in [1.807, 2.05) is 39.0 Å². The molecular formula is C33H47N3O5. The van der Waals surface area contributed by atoms with Crippen LogP contribution < -0.4 is 10.6 Å². The van der Waals surface area contributed by atoms with Crippen LogP contribution in [0.15, 0.2) is 42.5 Å². The van der Waals surface area contributed by atoms with Gasteiger partial charge in [-0.2, -0.15) is 0 Å². The predicted octanol–water partition coefficient (Wildman–Crippen LogP) is 5.73. The van der Waals surface area contributed by atoms with Crippen molar-refractivity contribution in [2.24, 2.45) is 5.92 Å². The number of carbonyl (C=O) groups is 3. The van der Waals surface area contributed by atoms with Crippen molar-refractivity contribution in [1.29, 1.82) is 0 Å². The molecule has 2 aromatic carbocycles. The fourth-order valence-corrected chi connectivity index (χ4v) is 5.18. The Morgan fingerprint density at radius 3 is 2.27 bits per heavy atom. The van der Waals surface area contributed by atoms with Gasteiger partial charge in [0.25, 0.3) is 0 Å². The molecule has 0 heterocycles. The number of aromatic hydroxyl groups is 1. The summed E-state index contributed by atoms with van der Waals surface area (Å²) in [5.74, 6) is -0.253. The molecule has 224 valence electrons. The molecule has 0 spiro atoms. The quantitative estimate of drug-likeness (QED) is 0.323. The van der Waals surface area contributed by atoms with Crippen molar-refractivity contribution in [3.63, 3.8) is 0 Å². The van der Waals surface area contributed by atoms with Crippen LogP contribution in [-0.4, -0.2) is 51.6 Å². The van der Waals surface area contributed by atoms with Crippen LogP contribution >= 0.6 is 0 Å². The third-order valence-electron chi connectivity index (χ3n) is 7.62. The highest BCUT2D eigenvalue weighted by Crippen LogP contribution is 2.41. The summed E-state index contributed by atoms with van der Waals surface area (Å²) in [5, 5.41) is 15.7. The van der Waals surface area contributed by atoms with Gasteiger partial charge in [-0.3, -0.25) is 9.59 Å². The third kappa shape index (κ3) is 8.72. The SMILES string of the molecule is CCCC(C)NC(=O)C(c1cccc(C)c1C)N(C(=O)C(Cc1ccc(O)cc1)NC(=O)OC(C)(C)C)C1CC1C. The zero-order valence-electron chi connectivity index (χ0n) is 25.8. The molecule has 0 aliphatic heterocycles. The second-order valence-corrected chi connectivity index (χ2v) is 12.5. The van der Waals surface area contributed by atoms with E-state index in [2.05, 4.69) is 24.5 Å². The Labute approximate surface area is 244 Å². The Morgan fingerprint density at radius 2 is 1.71 bits per heavy atom. The first-order valence-electron chi connectivity index (χ1n) is 14.7. The molecule has 1 fully saturated rings. The number of ether oxygens (including phenoxy) is 1. The molecule has 0 aromatic heterocycles. The first-order chi connectivity index (χ1) is 19.2. The fraction of sp³-hybridized carbons (Fsp3) is 0.545. The van der Waals surface area contributed by atoms with Gasteiger partial charge in [0.2, 0.25) is 11.8 Å². The maximum absolute atomic E-state index is 14.6. The summed E-state index contributed by atoms with van der Waals surface area (Å²) in [5.41, 5.74) is 2.77. The highest BCUT2D eigenvalue weighted by atomic mass is 16.6. The zero-order valence-corrected chi connectivity index (χ0v) is 25.8. The van der Waals surface area contributed by atoms with Gasteiger partial charge in [0.15, 0.2) is 0 Å². The third-order valence-corrected chi connectivity index (χ3v) is 7.62. The molecule has 1 saturated carbocycles. The van der Waals surface area contributed by atoms with E-state index < -0.39 is 23.8 Å². The van der Waals surface area contributed by atoms with Crippen molar-refractivity contribution in [2.45, 2.75) is 111 Å². The molecule has 8 nitrogen and oxygen atoms in total. The van der Waals surface area contributed by atoms with Gasteiger partial charge >= 0.3 is 6.09 Å². The van der Waals surface area contributed by atoms with Gasteiger partial charge in [-0.05, 0) is 94.7 Å². The number of nitrogens with one attached hydrogen (secondary N) is 2. The van der Waals surface area contributed by atoms with Crippen molar-refractivity contribution < 1.29 is 24.2 Å². The number of phenolic OH excluding ortho intramolecular Hbond substituents is 1. The van der Waals surface area contributed by atoms with Crippen molar-refractivity contribution in [3.05, 3.63) is 64.7 Å². The number of phenols is 1. The van der Waals surface area contributed by atoms with Crippen LogP contribution in [0.3, 0.4) is 0 Å². The number of rotatable bonds is 11. The Morgan fingerprint density at radius 1 is 1.07 bits per heavy atom. The fourth-order valence-electron chi connectivity index (χ4n) is 5.18. The lowest BCUT2D eigenvalue weighted by molar-refractivity contribution is -0.143. The number of hydrogen-bond donors (Lipinski definition) is 3. The minimum absolute atomic E-state index is 0.0543. The van der Waals surface area contributed by atoms with E-state index in [9.17, 15) is 19.5 Å². The molecule has 8 heteroatoms. The molecule has 2 aromatic rings. The highest BCUT2D eigenvalue weighted by Gasteiger charge is 2.48. The summed E-state index contributed by atoms with van der Waals surface area (Å²) in [6.45, 7) is 15.4. The van der Waals surface area contributed by atoms with E-state index in [1.54, 1.807) is 49.9 Å². The Bertz CT molecular complexity index is 1220. The van der Waals surface area contributed by atoms with E-state index in [1.165, 1.54) is 0 Å². The van der Waals surface area contributed by atoms with Crippen LogP contribution in [0, 0.1) is 19.8 Å². The summed E-state index contributed by atoms with van der Waals surface area (Å²) in [7, 11) is 0. The number of nitrogens with zero attached hydrogens (tertiary/aromatic N) is 1. The van der Waals surface area contributed by atoms with Crippen molar-refractivity contribution in [3.8, 4) is 5.75 Å². The number of hydrogen-bond acceptors (Lipinski definition) is 5. The molecular weight excluding hydrogens is 518 g/mol. The lowest BCUT2D eigenvalue weighted by atomic mass is 9.94. The molecule has 1 aliphatic rings. The zero-order chi connectivity index (χ0) is 30.5. The molecule has 5 atom stereocenters. The van der Waals surface area contributed by atoms with Gasteiger partial charge < -0.3 is 25.4 Å².